The van der Waals surface area contributed by atoms with Crippen molar-refractivity contribution < 1.29 is 0 Å². The predicted octanol–water partition coefficient (Wildman–Crippen LogP) is 15.6. The molecule has 2 aliphatic carbocycles. The summed E-state index contributed by atoms with van der Waals surface area (Å²) in [6.07, 6.45) is 11.4. The summed E-state index contributed by atoms with van der Waals surface area (Å²) >= 11 is 0. The van der Waals surface area contributed by atoms with Crippen LogP contribution in [0.25, 0.3) is 43.4 Å². The van der Waals surface area contributed by atoms with E-state index in [2.05, 4.69) is 239 Å². The predicted molar refractivity (Wildman–Crippen MR) is 289 cm³/mol. The summed E-state index contributed by atoms with van der Waals surface area (Å²) in [6, 6.07) is 63.4. The van der Waals surface area contributed by atoms with Crippen LogP contribution >= 0.6 is 0 Å². The highest BCUT2D eigenvalue weighted by atomic mass is 15.2. The van der Waals surface area contributed by atoms with E-state index in [1.807, 2.05) is 0 Å². The van der Waals surface area contributed by atoms with Gasteiger partial charge in [0.25, 0.3) is 6.71 Å². The monoisotopic (exact) mass is 862 g/mol. The Bertz CT molecular complexity index is 3560. The van der Waals surface area contributed by atoms with E-state index in [1.165, 1.54) is 116 Å². The lowest BCUT2D eigenvalue weighted by Gasteiger charge is -2.45. The average molecular weight is 863 g/mol. The number of fused-ring (bicyclic) bond motifs is 16. The van der Waals surface area contributed by atoms with Crippen LogP contribution in [0.15, 0.2) is 188 Å². The van der Waals surface area contributed by atoms with Gasteiger partial charge < -0.3 is 9.80 Å². The molecular weight excluding hydrogens is 808 g/mol. The highest BCUT2D eigenvalue weighted by Gasteiger charge is 2.45. The van der Waals surface area contributed by atoms with Crippen molar-refractivity contribution in [3.05, 3.63) is 210 Å². The van der Waals surface area contributed by atoms with Gasteiger partial charge in [-0.2, -0.15) is 0 Å². The minimum absolute atomic E-state index is 0.00611. The Balaban J connectivity index is 1.12. The maximum Gasteiger partial charge on any atom is 0.252 e. The SMILES string of the molecule is CCC(C)(C)c1ccc2c(c1)B1c3cc(C(C)(C)CC)ccc3N(c3cccc4c5ccccc5c5ccccc5c34)c3cccc(c31)N2c1ccc2c(c1)C1C=CC=CC1c1ccccc1-2. The first kappa shape index (κ1) is 40.2. The second-order valence-corrected chi connectivity index (χ2v) is 20.8. The Morgan fingerprint density at radius 2 is 0.925 bits per heavy atom. The topological polar surface area (TPSA) is 6.48 Å². The first-order chi connectivity index (χ1) is 32.7. The lowest BCUT2D eigenvalue weighted by atomic mass is 9.33. The summed E-state index contributed by atoms with van der Waals surface area (Å²) in [5.74, 6) is 0.579. The van der Waals surface area contributed by atoms with E-state index in [1.54, 1.807) is 0 Å². The molecule has 4 aliphatic rings. The van der Waals surface area contributed by atoms with E-state index in [0.717, 1.165) is 12.8 Å². The van der Waals surface area contributed by atoms with E-state index in [-0.39, 0.29) is 23.5 Å². The molecule has 2 heterocycles. The van der Waals surface area contributed by atoms with Crippen LogP contribution in [0, 0.1) is 0 Å². The van der Waals surface area contributed by atoms with Gasteiger partial charge in [0.15, 0.2) is 0 Å². The molecule has 324 valence electrons. The molecule has 0 amide bonds. The van der Waals surface area contributed by atoms with Crippen LogP contribution in [-0.4, -0.2) is 6.71 Å². The summed E-state index contributed by atoms with van der Waals surface area (Å²) in [7, 11) is 0. The number of hydrogen-bond donors (Lipinski definition) is 0. The van der Waals surface area contributed by atoms with Gasteiger partial charge in [-0.05, 0) is 143 Å². The molecule has 2 nitrogen and oxygen atoms in total. The fraction of sp³-hybridized carbons (Fsp3) is 0.188. The van der Waals surface area contributed by atoms with Gasteiger partial charge in [0.1, 0.15) is 0 Å². The highest BCUT2D eigenvalue weighted by molar-refractivity contribution is 7.00. The molecular formula is C64H55BN2. The van der Waals surface area contributed by atoms with E-state index >= 15 is 0 Å². The third-order valence-electron chi connectivity index (χ3n) is 16.7. The van der Waals surface area contributed by atoms with Crippen LogP contribution in [0.1, 0.15) is 88.5 Å². The first-order valence-corrected chi connectivity index (χ1v) is 24.6. The van der Waals surface area contributed by atoms with Gasteiger partial charge in [-0.3, -0.25) is 0 Å². The average Bonchev–Trinajstić information content (AvgIpc) is 3.38. The molecule has 2 atom stereocenters. The molecule has 0 saturated heterocycles. The number of hydrogen-bond acceptors (Lipinski definition) is 2. The molecule has 0 N–H and O–H groups in total. The molecule has 0 saturated carbocycles. The van der Waals surface area contributed by atoms with Crippen molar-refractivity contribution in [1.29, 1.82) is 0 Å². The Morgan fingerprint density at radius 3 is 1.57 bits per heavy atom. The van der Waals surface area contributed by atoms with Crippen LogP contribution in [0.2, 0.25) is 0 Å². The van der Waals surface area contributed by atoms with Gasteiger partial charge in [-0.25, -0.2) is 0 Å². The quantitative estimate of drug-likeness (QED) is 0.121. The fourth-order valence-electron chi connectivity index (χ4n) is 12.3. The standard InChI is InChI=1S/C64H55BN2/c1-7-63(3,4)40-31-35-56-54(37-40)65-55-38-41(64(5,6)8-2)32-36-57(55)67(58-28-17-27-52-48-23-13-11-22-46(48)47-24-15-16-26-51(47)61(52)58)60-30-18-29-59(62(60)65)66(56)42-33-34-50-45-21-10-9-19-43(45)44-20-12-14-25-49(44)53(50)39-42/h9-39,44,49H,7-8H2,1-6H3. The van der Waals surface area contributed by atoms with Crippen molar-refractivity contribution in [2.75, 3.05) is 9.80 Å². The Hall–Kier alpha value is -7.10. The largest absolute Gasteiger partial charge is 0.311 e. The van der Waals surface area contributed by atoms with Crippen molar-refractivity contribution in [3.8, 4) is 11.1 Å². The lowest BCUT2D eigenvalue weighted by molar-refractivity contribution is 0.506. The number of allylic oxidation sites excluding steroid dienone is 4. The molecule has 13 rings (SSSR count). The molecule has 0 aromatic heterocycles. The second-order valence-electron chi connectivity index (χ2n) is 20.8. The summed E-state index contributed by atoms with van der Waals surface area (Å²) in [6.45, 7) is 14.3. The van der Waals surface area contributed by atoms with E-state index in [4.69, 9.17) is 0 Å². The Kier molecular flexibility index (Phi) is 8.82. The molecule has 2 unspecified atom stereocenters. The fourth-order valence-corrected chi connectivity index (χ4v) is 12.3. The van der Waals surface area contributed by atoms with Crippen molar-refractivity contribution >= 4 is 89.5 Å². The molecule has 67 heavy (non-hydrogen) atoms. The van der Waals surface area contributed by atoms with Gasteiger partial charge in [0, 0.05) is 45.7 Å². The summed E-state index contributed by atoms with van der Waals surface area (Å²) < 4.78 is 0. The molecule has 9 aromatic carbocycles. The molecule has 0 radical (unpaired) electrons. The van der Waals surface area contributed by atoms with Crippen LogP contribution in [0.5, 0.6) is 0 Å². The van der Waals surface area contributed by atoms with Crippen molar-refractivity contribution in [2.24, 2.45) is 0 Å². The van der Waals surface area contributed by atoms with Gasteiger partial charge in [-0.15, -0.1) is 0 Å². The molecule has 2 aliphatic heterocycles. The van der Waals surface area contributed by atoms with E-state index < -0.39 is 0 Å². The summed E-state index contributed by atoms with van der Waals surface area (Å²) in [5.41, 5.74) is 19.8. The van der Waals surface area contributed by atoms with Gasteiger partial charge >= 0.3 is 0 Å². The van der Waals surface area contributed by atoms with E-state index in [0.29, 0.717) is 5.92 Å². The summed E-state index contributed by atoms with van der Waals surface area (Å²) in [5, 5.41) is 7.72. The molecule has 0 bridgehead atoms. The number of rotatable bonds is 6. The maximum atomic E-state index is 2.63. The molecule has 9 aromatic rings. The molecule has 3 heteroatoms. The number of benzene rings is 9. The minimum atomic E-state index is 0.00611. The Morgan fingerprint density at radius 1 is 0.433 bits per heavy atom. The zero-order chi connectivity index (χ0) is 45.3. The van der Waals surface area contributed by atoms with E-state index in [9.17, 15) is 0 Å². The zero-order valence-corrected chi connectivity index (χ0v) is 39.4. The third kappa shape index (κ3) is 5.76. The normalized spacial score (nSPS) is 16.7. The molecule has 0 fully saturated rings. The zero-order valence-electron chi connectivity index (χ0n) is 39.4. The van der Waals surface area contributed by atoms with Crippen LogP contribution < -0.4 is 26.2 Å². The second kappa shape index (κ2) is 14.7. The minimum Gasteiger partial charge on any atom is -0.311 e. The Labute approximate surface area is 396 Å². The number of nitrogens with zero attached hydrogens (tertiary/aromatic N) is 2. The van der Waals surface area contributed by atoms with Gasteiger partial charge in [-0.1, -0.05) is 187 Å². The van der Waals surface area contributed by atoms with Crippen LogP contribution in [0.4, 0.5) is 34.1 Å². The first-order valence-electron chi connectivity index (χ1n) is 24.6. The third-order valence-corrected chi connectivity index (χ3v) is 16.7. The van der Waals surface area contributed by atoms with Crippen LogP contribution in [0.3, 0.4) is 0 Å². The summed E-state index contributed by atoms with van der Waals surface area (Å²) in [4.78, 5) is 5.24. The van der Waals surface area contributed by atoms with Crippen LogP contribution in [-0.2, 0) is 10.8 Å². The maximum absolute atomic E-state index is 2.63. The van der Waals surface area contributed by atoms with Crippen molar-refractivity contribution in [3.63, 3.8) is 0 Å². The lowest BCUT2D eigenvalue weighted by Crippen LogP contribution is -2.61. The number of anilines is 6. The van der Waals surface area contributed by atoms with Crippen molar-refractivity contribution in [2.45, 2.75) is 77.0 Å². The smallest absolute Gasteiger partial charge is 0.252 e. The van der Waals surface area contributed by atoms with Gasteiger partial charge in [0.05, 0.1) is 5.69 Å². The highest BCUT2D eigenvalue weighted by Crippen LogP contribution is 2.53. The van der Waals surface area contributed by atoms with Gasteiger partial charge in [0.2, 0.25) is 0 Å². The molecule has 0 spiro atoms. The van der Waals surface area contributed by atoms with Crippen molar-refractivity contribution in [1.82, 2.24) is 0 Å².